The SMILES string of the molecule is CCOc1ccccc1NC(=O)CSc1nc2sc(C)c(-c3ccccc3)c2c(=O)[nH]1. The molecule has 0 saturated heterocycles. The Morgan fingerprint density at radius 2 is 1.90 bits per heavy atom. The molecule has 0 spiro atoms. The molecule has 2 N–H and O–H groups in total. The van der Waals surface area contributed by atoms with Crippen molar-refractivity contribution in [2.45, 2.75) is 19.0 Å². The van der Waals surface area contributed by atoms with Crippen LogP contribution in [0.4, 0.5) is 5.69 Å². The second kappa shape index (κ2) is 9.36. The van der Waals surface area contributed by atoms with Gasteiger partial charge in [0, 0.05) is 10.4 Å². The normalized spacial score (nSPS) is 10.9. The van der Waals surface area contributed by atoms with E-state index in [4.69, 9.17) is 4.74 Å². The molecule has 8 heteroatoms. The van der Waals surface area contributed by atoms with Gasteiger partial charge in [0.1, 0.15) is 10.6 Å². The number of amides is 1. The second-order valence-corrected chi connectivity index (χ2v) is 8.88. The highest BCUT2D eigenvalue weighted by atomic mass is 32.2. The van der Waals surface area contributed by atoms with Crippen molar-refractivity contribution in [1.29, 1.82) is 0 Å². The molecular formula is C23H21N3O3S2. The van der Waals surface area contributed by atoms with E-state index in [1.807, 2.05) is 62.4 Å². The summed E-state index contributed by atoms with van der Waals surface area (Å²) >= 11 is 2.68. The van der Waals surface area contributed by atoms with Gasteiger partial charge < -0.3 is 15.0 Å². The summed E-state index contributed by atoms with van der Waals surface area (Å²) in [4.78, 5) is 34.4. The summed E-state index contributed by atoms with van der Waals surface area (Å²) in [6, 6.07) is 17.1. The lowest BCUT2D eigenvalue weighted by atomic mass is 10.0. The van der Waals surface area contributed by atoms with Crippen LogP contribution >= 0.6 is 23.1 Å². The standard InChI is InChI=1S/C23H21N3O3S2/c1-3-29-17-12-8-7-11-16(17)24-18(27)13-30-23-25-21(28)20-19(14(2)31-22(20)26-23)15-9-5-4-6-10-15/h4-12H,3,13H2,1-2H3,(H,24,27)(H,25,26,28). The van der Waals surface area contributed by atoms with Crippen molar-refractivity contribution in [2.24, 2.45) is 0 Å². The Morgan fingerprint density at radius 3 is 2.68 bits per heavy atom. The van der Waals surface area contributed by atoms with E-state index >= 15 is 0 Å². The monoisotopic (exact) mass is 451 g/mol. The van der Waals surface area contributed by atoms with Crippen LogP contribution in [-0.4, -0.2) is 28.2 Å². The second-order valence-electron chi connectivity index (χ2n) is 6.72. The minimum Gasteiger partial charge on any atom is -0.492 e. The number of fused-ring (bicyclic) bond motifs is 1. The highest BCUT2D eigenvalue weighted by Gasteiger charge is 2.17. The quantitative estimate of drug-likeness (QED) is 0.302. The van der Waals surface area contributed by atoms with E-state index in [9.17, 15) is 9.59 Å². The first-order valence-corrected chi connectivity index (χ1v) is 11.6. The van der Waals surface area contributed by atoms with Crippen molar-refractivity contribution in [3.05, 3.63) is 69.8 Å². The summed E-state index contributed by atoms with van der Waals surface area (Å²) in [7, 11) is 0. The third-order valence-corrected chi connectivity index (χ3v) is 6.45. The summed E-state index contributed by atoms with van der Waals surface area (Å²) in [5.41, 5.74) is 2.33. The zero-order valence-corrected chi connectivity index (χ0v) is 18.7. The van der Waals surface area contributed by atoms with Gasteiger partial charge in [0.25, 0.3) is 5.56 Å². The Bertz CT molecular complexity index is 1280. The first-order valence-electron chi connectivity index (χ1n) is 9.80. The summed E-state index contributed by atoms with van der Waals surface area (Å²) in [6.45, 7) is 4.39. The van der Waals surface area contributed by atoms with Crippen LogP contribution < -0.4 is 15.6 Å². The van der Waals surface area contributed by atoms with E-state index in [-0.39, 0.29) is 17.2 Å². The number of thiophene rings is 1. The number of carbonyl (C=O) groups is 1. The zero-order chi connectivity index (χ0) is 21.8. The topological polar surface area (TPSA) is 84.1 Å². The lowest BCUT2D eigenvalue weighted by Crippen LogP contribution is -2.16. The fourth-order valence-corrected chi connectivity index (χ4v) is 5.06. The molecule has 0 saturated carbocycles. The average Bonchev–Trinajstić information content (AvgIpc) is 3.11. The van der Waals surface area contributed by atoms with E-state index in [1.54, 1.807) is 6.07 Å². The van der Waals surface area contributed by atoms with Crippen LogP contribution in [0.1, 0.15) is 11.8 Å². The largest absolute Gasteiger partial charge is 0.492 e. The van der Waals surface area contributed by atoms with Gasteiger partial charge in [0.15, 0.2) is 5.16 Å². The number of aromatic nitrogens is 2. The van der Waals surface area contributed by atoms with Crippen LogP contribution in [0, 0.1) is 6.92 Å². The molecule has 31 heavy (non-hydrogen) atoms. The molecule has 0 atom stereocenters. The fourth-order valence-electron chi connectivity index (χ4n) is 3.29. The number of anilines is 1. The molecule has 0 fully saturated rings. The summed E-state index contributed by atoms with van der Waals surface area (Å²) in [5, 5.41) is 3.86. The Balaban J connectivity index is 1.53. The van der Waals surface area contributed by atoms with Gasteiger partial charge in [-0.1, -0.05) is 54.2 Å². The van der Waals surface area contributed by atoms with Gasteiger partial charge in [-0.25, -0.2) is 4.98 Å². The Morgan fingerprint density at radius 1 is 1.16 bits per heavy atom. The number of thioether (sulfide) groups is 1. The number of hydrogen-bond acceptors (Lipinski definition) is 6. The zero-order valence-electron chi connectivity index (χ0n) is 17.1. The molecule has 4 aromatic rings. The molecule has 158 valence electrons. The number of H-pyrrole nitrogens is 1. The predicted octanol–water partition coefficient (Wildman–Crippen LogP) is 5.09. The number of hydrogen-bond donors (Lipinski definition) is 2. The van der Waals surface area contributed by atoms with Crippen molar-refractivity contribution in [2.75, 3.05) is 17.7 Å². The first kappa shape index (κ1) is 21.1. The lowest BCUT2D eigenvalue weighted by Gasteiger charge is -2.10. The highest BCUT2D eigenvalue weighted by molar-refractivity contribution is 7.99. The van der Waals surface area contributed by atoms with Gasteiger partial charge in [0.05, 0.1) is 23.4 Å². The summed E-state index contributed by atoms with van der Waals surface area (Å²) in [5.74, 6) is 0.538. The smallest absolute Gasteiger partial charge is 0.260 e. The number of ether oxygens (including phenoxy) is 1. The van der Waals surface area contributed by atoms with E-state index in [2.05, 4.69) is 15.3 Å². The fraction of sp³-hybridized carbons (Fsp3) is 0.174. The van der Waals surface area contributed by atoms with Crippen LogP contribution in [0.3, 0.4) is 0 Å². The molecule has 0 bridgehead atoms. The Kier molecular flexibility index (Phi) is 6.39. The molecule has 4 rings (SSSR count). The number of nitrogens with zero attached hydrogens (tertiary/aromatic N) is 1. The van der Waals surface area contributed by atoms with Crippen molar-refractivity contribution in [3.63, 3.8) is 0 Å². The molecule has 2 aromatic heterocycles. The van der Waals surface area contributed by atoms with Crippen molar-refractivity contribution in [3.8, 4) is 16.9 Å². The molecule has 0 radical (unpaired) electrons. The van der Waals surface area contributed by atoms with Gasteiger partial charge in [-0.05, 0) is 31.5 Å². The van der Waals surface area contributed by atoms with E-state index in [0.29, 0.717) is 33.4 Å². The lowest BCUT2D eigenvalue weighted by molar-refractivity contribution is -0.113. The number of nitrogens with one attached hydrogen (secondary N) is 2. The van der Waals surface area contributed by atoms with E-state index < -0.39 is 0 Å². The first-order chi connectivity index (χ1) is 15.1. The van der Waals surface area contributed by atoms with Gasteiger partial charge in [0.2, 0.25) is 5.91 Å². The van der Waals surface area contributed by atoms with Crippen molar-refractivity contribution in [1.82, 2.24) is 9.97 Å². The van der Waals surface area contributed by atoms with Gasteiger partial charge in [-0.3, -0.25) is 9.59 Å². The molecule has 2 heterocycles. The molecule has 0 aliphatic carbocycles. The number of aromatic amines is 1. The van der Waals surface area contributed by atoms with Crippen molar-refractivity contribution < 1.29 is 9.53 Å². The Hall–Kier alpha value is -3.10. The van der Waals surface area contributed by atoms with Crippen LogP contribution in [-0.2, 0) is 4.79 Å². The van der Waals surface area contributed by atoms with Gasteiger partial charge in [-0.15, -0.1) is 11.3 Å². The van der Waals surface area contributed by atoms with Crippen molar-refractivity contribution >= 4 is 44.9 Å². The minimum absolute atomic E-state index is 0.116. The Labute approximate surface area is 187 Å². The number of benzene rings is 2. The predicted molar refractivity (Wildman–Crippen MR) is 127 cm³/mol. The number of para-hydroxylation sites is 2. The molecule has 2 aromatic carbocycles. The maximum atomic E-state index is 12.8. The van der Waals surface area contributed by atoms with Crippen LogP contribution in [0.2, 0.25) is 0 Å². The van der Waals surface area contributed by atoms with E-state index in [0.717, 1.165) is 16.0 Å². The summed E-state index contributed by atoms with van der Waals surface area (Å²) in [6.07, 6.45) is 0. The molecule has 6 nitrogen and oxygen atoms in total. The van der Waals surface area contributed by atoms with Crippen LogP contribution in [0.5, 0.6) is 5.75 Å². The average molecular weight is 452 g/mol. The summed E-state index contributed by atoms with van der Waals surface area (Å²) < 4.78 is 5.53. The molecular weight excluding hydrogens is 430 g/mol. The molecule has 0 unspecified atom stereocenters. The number of aryl methyl sites for hydroxylation is 1. The third kappa shape index (κ3) is 4.65. The van der Waals surface area contributed by atoms with E-state index in [1.165, 1.54) is 23.1 Å². The van der Waals surface area contributed by atoms with Crippen LogP contribution in [0.25, 0.3) is 21.3 Å². The maximum absolute atomic E-state index is 12.8. The van der Waals surface area contributed by atoms with Gasteiger partial charge in [-0.2, -0.15) is 0 Å². The molecule has 0 aliphatic heterocycles. The maximum Gasteiger partial charge on any atom is 0.260 e. The minimum atomic E-state index is -0.202. The molecule has 1 amide bonds. The molecule has 0 aliphatic rings. The number of carbonyl (C=O) groups excluding carboxylic acids is 1. The highest BCUT2D eigenvalue weighted by Crippen LogP contribution is 2.36. The number of rotatable bonds is 7. The van der Waals surface area contributed by atoms with Gasteiger partial charge >= 0.3 is 0 Å². The third-order valence-electron chi connectivity index (χ3n) is 4.58. The van der Waals surface area contributed by atoms with Crippen LogP contribution in [0.15, 0.2) is 64.5 Å².